The molecule has 0 radical (unpaired) electrons. The van der Waals surface area contributed by atoms with Gasteiger partial charge in [0.25, 0.3) is 0 Å². The van der Waals surface area contributed by atoms with E-state index in [0.717, 1.165) is 6.42 Å². The molecule has 21 heavy (non-hydrogen) atoms. The van der Waals surface area contributed by atoms with Gasteiger partial charge in [0.1, 0.15) is 9.84 Å². The molecular weight excluding hydrogens is 292 g/mol. The van der Waals surface area contributed by atoms with Gasteiger partial charge in [-0.15, -0.1) is 0 Å². The van der Waals surface area contributed by atoms with E-state index >= 15 is 0 Å². The number of hydrogen-bond acceptors (Lipinski definition) is 5. The molecule has 6 nitrogen and oxygen atoms in total. The molecule has 2 fully saturated rings. The zero-order valence-electron chi connectivity index (χ0n) is 12.6. The Bertz CT molecular complexity index is 438. The zero-order valence-corrected chi connectivity index (χ0v) is 13.5. The molecule has 2 aliphatic rings. The zero-order chi connectivity index (χ0) is 15.3. The Labute approximate surface area is 126 Å². The Kier molecular flexibility index (Phi) is 6.01. The van der Waals surface area contributed by atoms with E-state index in [2.05, 4.69) is 10.6 Å². The van der Waals surface area contributed by atoms with Crippen molar-refractivity contribution in [2.24, 2.45) is 5.92 Å². The lowest BCUT2D eigenvalue weighted by molar-refractivity contribution is -0.123. The average Bonchev–Trinajstić information content (AvgIpc) is 2.85. The van der Waals surface area contributed by atoms with E-state index in [-0.39, 0.29) is 24.3 Å². The predicted molar refractivity (Wildman–Crippen MR) is 80.8 cm³/mol. The fraction of sp³-hybridized carbons (Fsp3) is 0.929. The van der Waals surface area contributed by atoms with Crippen LogP contribution in [0.15, 0.2) is 0 Å². The van der Waals surface area contributed by atoms with Crippen molar-refractivity contribution in [3.8, 4) is 0 Å². The Balaban J connectivity index is 1.58. The van der Waals surface area contributed by atoms with Gasteiger partial charge < -0.3 is 15.4 Å². The maximum Gasteiger partial charge on any atom is 0.237 e. The van der Waals surface area contributed by atoms with Gasteiger partial charge in [0.15, 0.2) is 0 Å². The molecule has 0 aromatic heterocycles. The van der Waals surface area contributed by atoms with Crippen LogP contribution in [0.25, 0.3) is 0 Å². The summed E-state index contributed by atoms with van der Waals surface area (Å²) in [7, 11) is -2.98. The lowest BCUT2D eigenvalue weighted by atomic mass is 9.85. The number of carbonyl (C=O) groups is 1. The third kappa shape index (κ3) is 5.56. The molecular formula is C14H26N2O4S. The summed E-state index contributed by atoms with van der Waals surface area (Å²) in [6, 6.07) is 0.439. The molecule has 0 aromatic carbocycles. The van der Waals surface area contributed by atoms with Crippen molar-refractivity contribution in [2.45, 2.75) is 44.2 Å². The summed E-state index contributed by atoms with van der Waals surface area (Å²) in [6.07, 6.45) is 7.08. The Morgan fingerprint density at radius 3 is 2.76 bits per heavy atom. The van der Waals surface area contributed by atoms with E-state index in [1.165, 1.54) is 31.9 Å². The molecule has 0 bridgehead atoms. The van der Waals surface area contributed by atoms with Crippen molar-refractivity contribution >= 4 is 15.7 Å². The summed E-state index contributed by atoms with van der Waals surface area (Å²) >= 11 is 0. The first-order valence-corrected chi connectivity index (χ1v) is 9.81. The molecule has 0 spiro atoms. The lowest BCUT2D eigenvalue weighted by Gasteiger charge is -2.24. The molecule has 3 atom stereocenters. The quantitative estimate of drug-likeness (QED) is 0.650. The second-order valence-electron chi connectivity index (χ2n) is 6.14. The van der Waals surface area contributed by atoms with E-state index < -0.39 is 9.84 Å². The van der Waals surface area contributed by atoms with Crippen molar-refractivity contribution in [3.05, 3.63) is 0 Å². The molecule has 1 saturated carbocycles. The fourth-order valence-corrected chi connectivity index (χ4v) is 3.62. The number of rotatable bonds is 7. The van der Waals surface area contributed by atoms with Crippen LogP contribution in [0.1, 0.15) is 32.1 Å². The molecule has 122 valence electrons. The highest BCUT2D eigenvalue weighted by Gasteiger charge is 2.37. The maximum atomic E-state index is 12.1. The molecule has 2 N–H and O–H groups in total. The molecule has 1 heterocycles. The number of amides is 1. The smallest absolute Gasteiger partial charge is 0.237 e. The van der Waals surface area contributed by atoms with Crippen LogP contribution in [0.5, 0.6) is 0 Å². The first-order valence-electron chi connectivity index (χ1n) is 7.75. The third-order valence-corrected chi connectivity index (χ3v) is 5.23. The van der Waals surface area contributed by atoms with Gasteiger partial charge >= 0.3 is 0 Å². The normalized spacial score (nSPS) is 29.1. The van der Waals surface area contributed by atoms with Crippen LogP contribution in [0.2, 0.25) is 0 Å². The largest absolute Gasteiger partial charge is 0.379 e. The Morgan fingerprint density at radius 2 is 2.05 bits per heavy atom. The Morgan fingerprint density at radius 1 is 1.29 bits per heavy atom. The van der Waals surface area contributed by atoms with Crippen LogP contribution in [0.3, 0.4) is 0 Å². The van der Waals surface area contributed by atoms with Crippen LogP contribution >= 0.6 is 0 Å². The van der Waals surface area contributed by atoms with E-state index in [0.29, 0.717) is 25.1 Å². The molecule has 3 unspecified atom stereocenters. The number of nitrogens with one attached hydrogen (secondary N) is 2. The molecule has 1 aliphatic heterocycles. The minimum absolute atomic E-state index is 0.0223. The summed E-state index contributed by atoms with van der Waals surface area (Å²) in [5.41, 5.74) is 0. The molecule has 2 rings (SSSR count). The minimum atomic E-state index is -2.98. The highest BCUT2D eigenvalue weighted by atomic mass is 32.2. The van der Waals surface area contributed by atoms with Crippen molar-refractivity contribution in [1.82, 2.24) is 10.6 Å². The van der Waals surface area contributed by atoms with Gasteiger partial charge in [0.2, 0.25) is 5.91 Å². The predicted octanol–water partition coefficient (Wildman–Crippen LogP) is 0.0845. The first kappa shape index (κ1) is 16.7. The number of carbonyl (C=O) groups excluding carboxylic acids is 1. The van der Waals surface area contributed by atoms with Crippen LogP contribution in [-0.4, -0.2) is 58.2 Å². The SMILES string of the molecule is CS(=O)(=O)CCOCCNC(=O)C1CC2CCCCC2N1. The number of ether oxygens (including phenoxy) is 1. The highest BCUT2D eigenvalue weighted by Crippen LogP contribution is 2.33. The number of hydrogen-bond donors (Lipinski definition) is 2. The maximum absolute atomic E-state index is 12.1. The minimum Gasteiger partial charge on any atom is -0.379 e. The summed E-state index contributed by atoms with van der Waals surface area (Å²) < 4.78 is 27.0. The van der Waals surface area contributed by atoms with E-state index in [1.807, 2.05) is 0 Å². The van der Waals surface area contributed by atoms with Crippen LogP contribution < -0.4 is 10.6 Å². The topological polar surface area (TPSA) is 84.5 Å². The van der Waals surface area contributed by atoms with Crippen molar-refractivity contribution in [2.75, 3.05) is 31.8 Å². The van der Waals surface area contributed by atoms with Crippen molar-refractivity contribution in [1.29, 1.82) is 0 Å². The standard InChI is InChI=1S/C14H26N2O4S/c1-21(18,19)9-8-20-7-6-15-14(17)13-10-11-4-2-3-5-12(11)16-13/h11-13,16H,2-10H2,1H3,(H,15,17). The van der Waals surface area contributed by atoms with Crippen molar-refractivity contribution < 1.29 is 17.9 Å². The second kappa shape index (κ2) is 7.56. The van der Waals surface area contributed by atoms with Gasteiger partial charge in [0.05, 0.1) is 25.0 Å². The summed E-state index contributed by atoms with van der Waals surface area (Å²) in [4.78, 5) is 12.1. The van der Waals surface area contributed by atoms with Crippen LogP contribution in [0, 0.1) is 5.92 Å². The van der Waals surface area contributed by atoms with Crippen molar-refractivity contribution in [3.63, 3.8) is 0 Å². The molecule has 1 aliphatic carbocycles. The lowest BCUT2D eigenvalue weighted by Crippen LogP contribution is -2.44. The average molecular weight is 318 g/mol. The summed E-state index contributed by atoms with van der Waals surface area (Å²) in [5, 5.41) is 6.29. The molecule has 1 amide bonds. The summed E-state index contributed by atoms with van der Waals surface area (Å²) in [6.45, 7) is 0.956. The first-order chi connectivity index (χ1) is 9.96. The second-order valence-corrected chi connectivity index (χ2v) is 8.40. The van der Waals surface area contributed by atoms with Gasteiger partial charge in [-0.3, -0.25) is 4.79 Å². The number of sulfone groups is 1. The molecule has 1 saturated heterocycles. The van der Waals surface area contributed by atoms with Gasteiger partial charge in [-0.05, 0) is 25.2 Å². The van der Waals surface area contributed by atoms with E-state index in [1.54, 1.807) is 0 Å². The van der Waals surface area contributed by atoms with Gasteiger partial charge in [0, 0.05) is 18.8 Å². The summed E-state index contributed by atoms with van der Waals surface area (Å²) in [5.74, 6) is 0.714. The highest BCUT2D eigenvalue weighted by molar-refractivity contribution is 7.90. The van der Waals surface area contributed by atoms with Crippen LogP contribution in [0.4, 0.5) is 0 Å². The fourth-order valence-electron chi connectivity index (χ4n) is 3.20. The van der Waals surface area contributed by atoms with E-state index in [4.69, 9.17) is 4.74 Å². The number of fused-ring (bicyclic) bond motifs is 1. The van der Waals surface area contributed by atoms with E-state index in [9.17, 15) is 13.2 Å². The van der Waals surface area contributed by atoms with Gasteiger partial charge in [-0.1, -0.05) is 12.8 Å². The Hall–Kier alpha value is -0.660. The third-order valence-electron chi connectivity index (χ3n) is 4.32. The monoisotopic (exact) mass is 318 g/mol. The van der Waals surface area contributed by atoms with Gasteiger partial charge in [-0.2, -0.15) is 0 Å². The molecule has 0 aromatic rings. The molecule has 7 heteroatoms. The van der Waals surface area contributed by atoms with Gasteiger partial charge in [-0.25, -0.2) is 8.42 Å². The van der Waals surface area contributed by atoms with Crippen LogP contribution in [-0.2, 0) is 19.4 Å².